The molecular weight excluding hydrogens is 340 g/mol. The van der Waals surface area contributed by atoms with Crippen LogP contribution in [0.3, 0.4) is 0 Å². The van der Waals surface area contributed by atoms with E-state index < -0.39 is 0 Å². The summed E-state index contributed by atoms with van der Waals surface area (Å²) in [7, 11) is 2.06. The highest BCUT2D eigenvalue weighted by Crippen LogP contribution is 2.19. The molecule has 7 heteroatoms. The van der Waals surface area contributed by atoms with Crippen molar-refractivity contribution in [3.63, 3.8) is 0 Å². The van der Waals surface area contributed by atoms with Gasteiger partial charge >= 0.3 is 0 Å². The maximum absolute atomic E-state index is 12.4. The molecule has 1 saturated heterocycles. The summed E-state index contributed by atoms with van der Waals surface area (Å²) < 4.78 is 5.34. The fourth-order valence-electron chi connectivity index (χ4n) is 2.99. The molecule has 1 N–H and O–H groups in total. The number of ketones is 1. The average molecular weight is 365 g/mol. The number of nitrogens with zero attached hydrogens (tertiary/aromatic N) is 3. The van der Waals surface area contributed by atoms with Crippen molar-refractivity contribution < 1.29 is 9.32 Å². The number of nitrogens with one attached hydrogen (secondary N) is 1. The minimum absolute atomic E-state index is 0. The van der Waals surface area contributed by atoms with Gasteiger partial charge in [-0.25, -0.2) is 0 Å². The normalized spacial score (nSPS) is 18.0. The van der Waals surface area contributed by atoms with Crippen molar-refractivity contribution in [3.05, 3.63) is 46.6 Å². The number of benzene rings is 1. The Hall–Kier alpha value is -1.76. The highest BCUT2D eigenvalue weighted by atomic mass is 35.5. The van der Waals surface area contributed by atoms with Crippen LogP contribution >= 0.6 is 12.4 Å². The van der Waals surface area contributed by atoms with Crippen molar-refractivity contribution in [2.75, 3.05) is 26.7 Å². The Kier molecular flexibility index (Phi) is 6.70. The molecule has 6 nitrogen and oxygen atoms in total. The topological polar surface area (TPSA) is 71.3 Å². The lowest BCUT2D eigenvalue weighted by molar-refractivity contribution is 0.0979. The molecule has 0 spiro atoms. The van der Waals surface area contributed by atoms with E-state index in [0.717, 1.165) is 36.3 Å². The molecular formula is C18H25ClN4O2. The molecule has 0 aliphatic carbocycles. The van der Waals surface area contributed by atoms with Gasteiger partial charge in [0.05, 0.1) is 6.04 Å². The van der Waals surface area contributed by atoms with Gasteiger partial charge in [0.15, 0.2) is 11.6 Å². The highest BCUT2D eigenvalue weighted by molar-refractivity contribution is 5.97. The molecule has 0 bridgehead atoms. The SMILES string of the molecule is Cc1ccc(C)c(C(=O)CCc2nc(C3CNCCN3C)no2)c1.Cl. The van der Waals surface area contributed by atoms with Crippen molar-refractivity contribution in [1.29, 1.82) is 0 Å². The lowest BCUT2D eigenvalue weighted by Gasteiger charge is -2.30. The Morgan fingerprint density at radius 3 is 2.96 bits per heavy atom. The molecule has 1 aromatic heterocycles. The molecule has 1 aromatic carbocycles. The molecule has 1 aliphatic rings. The Bertz CT molecular complexity index is 732. The van der Waals surface area contributed by atoms with Crippen molar-refractivity contribution in [2.24, 2.45) is 0 Å². The first-order valence-electron chi connectivity index (χ1n) is 8.38. The number of hydrogen-bond acceptors (Lipinski definition) is 6. The quantitative estimate of drug-likeness (QED) is 0.822. The zero-order valence-corrected chi connectivity index (χ0v) is 15.7. The van der Waals surface area contributed by atoms with Crippen LogP contribution in [-0.4, -0.2) is 47.5 Å². The van der Waals surface area contributed by atoms with E-state index in [-0.39, 0.29) is 24.2 Å². The lowest BCUT2D eigenvalue weighted by atomic mass is 9.99. The van der Waals surface area contributed by atoms with E-state index in [4.69, 9.17) is 4.52 Å². The second kappa shape index (κ2) is 8.56. The first kappa shape index (κ1) is 19.6. The third-order valence-electron chi connectivity index (χ3n) is 4.55. The van der Waals surface area contributed by atoms with Crippen LogP contribution in [0.2, 0.25) is 0 Å². The summed E-state index contributed by atoms with van der Waals surface area (Å²) in [4.78, 5) is 19.1. The predicted octanol–water partition coefficient (Wildman–Crippen LogP) is 2.50. The van der Waals surface area contributed by atoms with Crippen LogP contribution in [0.15, 0.2) is 22.7 Å². The number of likely N-dealkylation sites (N-methyl/N-ethyl adjacent to an activating group) is 1. The molecule has 1 atom stereocenters. The van der Waals surface area contributed by atoms with E-state index in [0.29, 0.717) is 24.6 Å². The minimum atomic E-state index is 0. The maximum atomic E-state index is 12.4. The van der Waals surface area contributed by atoms with Crippen LogP contribution in [0.5, 0.6) is 0 Å². The molecule has 3 rings (SSSR count). The van der Waals surface area contributed by atoms with E-state index in [2.05, 4.69) is 27.4 Å². The van der Waals surface area contributed by atoms with E-state index in [1.165, 1.54) is 0 Å². The zero-order chi connectivity index (χ0) is 17.1. The van der Waals surface area contributed by atoms with Gasteiger partial charge in [-0.05, 0) is 32.5 Å². The van der Waals surface area contributed by atoms with Gasteiger partial charge in [-0.2, -0.15) is 4.98 Å². The Balaban J connectivity index is 0.00000225. The van der Waals surface area contributed by atoms with Crippen molar-refractivity contribution in [3.8, 4) is 0 Å². The summed E-state index contributed by atoms with van der Waals surface area (Å²) in [6.07, 6.45) is 0.855. The van der Waals surface area contributed by atoms with Crippen LogP contribution in [0.1, 0.15) is 45.7 Å². The lowest BCUT2D eigenvalue weighted by Crippen LogP contribution is -2.44. The first-order valence-corrected chi connectivity index (χ1v) is 8.38. The second-order valence-electron chi connectivity index (χ2n) is 6.49. The number of carbonyl (C=O) groups is 1. The standard InChI is InChI=1S/C18H24N4O2.ClH/c1-12-4-5-13(2)14(10-12)16(23)6-7-17-20-18(21-24-17)15-11-19-8-9-22(15)3;/h4-5,10,15,19H,6-9,11H2,1-3H3;1H. The van der Waals surface area contributed by atoms with Crippen LogP contribution in [-0.2, 0) is 6.42 Å². The van der Waals surface area contributed by atoms with Gasteiger partial charge < -0.3 is 9.84 Å². The van der Waals surface area contributed by atoms with Gasteiger partial charge in [-0.15, -0.1) is 12.4 Å². The Morgan fingerprint density at radius 2 is 2.20 bits per heavy atom. The summed E-state index contributed by atoms with van der Waals surface area (Å²) in [6, 6.07) is 6.08. The third kappa shape index (κ3) is 4.66. The van der Waals surface area contributed by atoms with Crippen molar-refractivity contribution in [2.45, 2.75) is 32.7 Å². The molecule has 136 valence electrons. The monoisotopic (exact) mass is 364 g/mol. The number of carbonyl (C=O) groups excluding carboxylic acids is 1. The number of halogens is 1. The van der Waals surface area contributed by atoms with E-state index in [9.17, 15) is 4.79 Å². The van der Waals surface area contributed by atoms with Gasteiger partial charge in [0.2, 0.25) is 5.89 Å². The van der Waals surface area contributed by atoms with Crippen LogP contribution in [0, 0.1) is 13.8 Å². The summed E-state index contributed by atoms with van der Waals surface area (Å²) in [5, 5.41) is 7.43. The largest absolute Gasteiger partial charge is 0.339 e. The molecule has 25 heavy (non-hydrogen) atoms. The number of piperazine rings is 1. The number of aromatic nitrogens is 2. The fraction of sp³-hybridized carbons (Fsp3) is 0.500. The molecule has 0 amide bonds. The molecule has 1 aliphatic heterocycles. The first-order chi connectivity index (χ1) is 11.5. The second-order valence-corrected chi connectivity index (χ2v) is 6.49. The Morgan fingerprint density at radius 1 is 1.40 bits per heavy atom. The molecule has 1 fully saturated rings. The molecule has 1 unspecified atom stereocenters. The van der Waals surface area contributed by atoms with Gasteiger partial charge in [-0.1, -0.05) is 22.9 Å². The summed E-state index contributed by atoms with van der Waals surface area (Å²) >= 11 is 0. The molecule has 2 aromatic rings. The molecule has 0 radical (unpaired) electrons. The Labute approximate surface area is 154 Å². The van der Waals surface area contributed by atoms with Crippen LogP contribution in [0.4, 0.5) is 0 Å². The average Bonchev–Trinajstić information content (AvgIpc) is 3.04. The number of Topliss-reactive ketones (excluding diaryl/α,β-unsaturated/α-hetero) is 1. The summed E-state index contributed by atoms with van der Waals surface area (Å²) in [6.45, 7) is 6.71. The van der Waals surface area contributed by atoms with Crippen molar-refractivity contribution >= 4 is 18.2 Å². The minimum Gasteiger partial charge on any atom is -0.339 e. The maximum Gasteiger partial charge on any atom is 0.227 e. The van der Waals surface area contributed by atoms with Gasteiger partial charge in [0, 0.05) is 38.0 Å². The fourth-order valence-corrected chi connectivity index (χ4v) is 2.99. The van der Waals surface area contributed by atoms with E-state index in [1.54, 1.807) is 0 Å². The highest BCUT2D eigenvalue weighted by Gasteiger charge is 2.25. The summed E-state index contributed by atoms with van der Waals surface area (Å²) in [5.74, 6) is 1.34. The number of aryl methyl sites for hydroxylation is 3. The van der Waals surface area contributed by atoms with E-state index >= 15 is 0 Å². The van der Waals surface area contributed by atoms with Crippen LogP contribution in [0.25, 0.3) is 0 Å². The van der Waals surface area contributed by atoms with Gasteiger partial charge in [-0.3, -0.25) is 9.69 Å². The third-order valence-corrected chi connectivity index (χ3v) is 4.55. The van der Waals surface area contributed by atoms with Crippen LogP contribution < -0.4 is 5.32 Å². The van der Waals surface area contributed by atoms with Gasteiger partial charge in [0.25, 0.3) is 0 Å². The number of rotatable bonds is 5. The van der Waals surface area contributed by atoms with Gasteiger partial charge in [0.1, 0.15) is 0 Å². The number of hydrogen-bond donors (Lipinski definition) is 1. The predicted molar refractivity (Wildman–Crippen MR) is 98.4 cm³/mol. The molecule has 2 heterocycles. The zero-order valence-electron chi connectivity index (χ0n) is 14.9. The molecule has 0 saturated carbocycles. The van der Waals surface area contributed by atoms with Crippen molar-refractivity contribution in [1.82, 2.24) is 20.4 Å². The van der Waals surface area contributed by atoms with E-state index in [1.807, 2.05) is 32.0 Å². The smallest absolute Gasteiger partial charge is 0.227 e. The summed E-state index contributed by atoms with van der Waals surface area (Å²) in [5.41, 5.74) is 2.88.